The van der Waals surface area contributed by atoms with Crippen molar-refractivity contribution in [2.75, 3.05) is 29.5 Å². The highest BCUT2D eigenvalue weighted by Gasteiger charge is 2.46. The minimum atomic E-state index is -0.683. The summed E-state index contributed by atoms with van der Waals surface area (Å²) < 4.78 is -0.500. The number of nitrogens with zero attached hydrogens (tertiary/aromatic N) is 1. The van der Waals surface area contributed by atoms with Crippen LogP contribution in [0.15, 0.2) is 24.3 Å². The molecule has 0 bridgehead atoms. The molecule has 2 saturated heterocycles. The summed E-state index contributed by atoms with van der Waals surface area (Å²) in [5.74, 6) is 0.371. The van der Waals surface area contributed by atoms with Crippen LogP contribution in [0.5, 0.6) is 0 Å². The predicted octanol–water partition coefficient (Wildman–Crippen LogP) is 1.42. The lowest BCUT2D eigenvalue weighted by atomic mass is 9.84. The highest BCUT2D eigenvalue weighted by Crippen LogP contribution is 2.36. The first-order valence-electron chi connectivity index (χ1n) is 9.23. The number of hydrogen-bond acceptors (Lipinski definition) is 5. The zero-order chi connectivity index (χ0) is 19.2. The Bertz CT molecular complexity index is 802. The maximum Gasteiger partial charge on any atom is 0.250 e. The molecule has 3 amide bonds. The lowest BCUT2D eigenvalue weighted by Gasteiger charge is -2.45. The molecule has 8 heteroatoms. The van der Waals surface area contributed by atoms with Gasteiger partial charge in [-0.25, -0.2) is 0 Å². The second kappa shape index (κ2) is 6.44. The van der Waals surface area contributed by atoms with Crippen LogP contribution in [0.3, 0.4) is 0 Å². The third-order valence-electron chi connectivity index (χ3n) is 5.67. The van der Waals surface area contributed by atoms with Crippen LogP contribution in [-0.4, -0.2) is 57.8 Å². The fourth-order valence-electron chi connectivity index (χ4n) is 3.80. The van der Waals surface area contributed by atoms with Gasteiger partial charge in [-0.2, -0.15) is 0 Å². The van der Waals surface area contributed by atoms with Gasteiger partial charge in [-0.15, -0.1) is 11.8 Å². The van der Waals surface area contributed by atoms with Gasteiger partial charge >= 0.3 is 0 Å². The number of anilines is 2. The number of rotatable bonds is 1. The first-order chi connectivity index (χ1) is 12.8. The zero-order valence-corrected chi connectivity index (χ0v) is 16.3. The van der Waals surface area contributed by atoms with E-state index in [1.807, 2.05) is 38.1 Å². The first-order valence-corrected chi connectivity index (χ1v) is 10.2. The van der Waals surface area contributed by atoms with E-state index in [-0.39, 0.29) is 17.7 Å². The summed E-state index contributed by atoms with van der Waals surface area (Å²) in [5.41, 5.74) is 1.02. The Morgan fingerprint density at radius 1 is 1.11 bits per heavy atom. The average molecular weight is 388 g/mol. The van der Waals surface area contributed by atoms with Crippen LogP contribution in [0.1, 0.15) is 26.7 Å². The van der Waals surface area contributed by atoms with Crippen molar-refractivity contribution in [3.05, 3.63) is 24.3 Å². The summed E-state index contributed by atoms with van der Waals surface area (Å²) in [6, 6.07) is 7.15. The van der Waals surface area contributed by atoms with Crippen LogP contribution in [0.2, 0.25) is 0 Å². The second-order valence-electron chi connectivity index (χ2n) is 7.88. The number of fused-ring (bicyclic) bond motifs is 1. The molecule has 0 saturated carbocycles. The minimum Gasteiger partial charge on any atom is -0.369 e. The van der Waals surface area contributed by atoms with Crippen LogP contribution in [0.4, 0.5) is 11.4 Å². The lowest BCUT2D eigenvalue weighted by molar-refractivity contribution is -0.138. The van der Waals surface area contributed by atoms with Gasteiger partial charge < -0.3 is 20.9 Å². The molecule has 4 rings (SSSR count). The van der Waals surface area contributed by atoms with Crippen LogP contribution in [0.25, 0.3) is 0 Å². The fourth-order valence-corrected chi connectivity index (χ4v) is 4.80. The van der Waals surface area contributed by atoms with Crippen LogP contribution in [0, 0.1) is 0 Å². The summed E-state index contributed by atoms with van der Waals surface area (Å²) in [7, 11) is 0. The lowest BCUT2D eigenvalue weighted by Crippen LogP contribution is -2.62. The first kappa shape index (κ1) is 18.2. The quantitative estimate of drug-likeness (QED) is 0.677. The standard InChI is InChI=1S/C19H24N4O3S/c1-18(2)16(25)21-14(11-27-18)15(24)23-9-7-19(8-10-23)17(26)20-12-5-3-4-6-13(12)22-19/h3-6,14,22H,7-11H2,1-2H3,(H,20,26)(H,21,25)/t14-/m0/s1. The largest absolute Gasteiger partial charge is 0.369 e. The van der Waals surface area contributed by atoms with E-state index in [0.29, 0.717) is 31.7 Å². The van der Waals surface area contributed by atoms with E-state index < -0.39 is 16.3 Å². The normalized spacial score (nSPS) is 25.9. The molecule has 0 aliphatic carbocycles. The average Bonchev–Trinajstić information content (AvgIpc) is 2.65. The molecule has 1 aromatic carbocycles. The number of para-hydroxylation sites is 2. The van der Waals surface area contributed by atoms with E-state index in [1.165, 1.54) is 11.8 Å². The summed E-state index contributed by atoms with van der Waals surface area (Å²) in [6.07, 6.45) is 1.08. The molecular weight excluding hydrogens is 364 g/mol. The van der Waals surface area contributed by atoms with Gasteiger partial charge in [-0.1, -0.05) is 12.1 Å². The van der Waals surface area contributed by atoms with Crippen molar-refractivity contribution >= 4 is 40.9 Å². The zero-order valence-electron chi connectivity index (χ0n) is 15.5. The number of piperidine rings is 1. The third-order valence-corrected chi connectivity index (χ3v) is 7.08. The third kappa shape index (κ3) is 3.16. The Morgan fingerprint density at radius 3 is 2.44 bits per heavy atom. The molecule has 3 aliphatic rings. The maximum absolute atomic E-state index is 12.8. The number of benzene rings is 1. The summed E-state index contributed by atoms with van der Waals surface area (Å²) in [5, 5.41) is 9.22. The number of carbonyl (C=O) groups is 3. The van der Waals surface area contributed by atoms with Crippen molar-refractivity contribution < 1.29 is 14.4 Å². The molecule has 1 spiro atoms. The molecule has 7 nitrogen and oxygen atoms in total. The van der Waals surface area contributed by atoms with Crippen molar-refractivity contribution in [1.29, 1.82) is 0 Å². The minimum absolute atomic E-state index is 0.0448. The number of thioether (sulfide) groups is 1. The Kier molecular flexibility index (Phi) is 4.33. The highest BCUT2D eigenvalue weighted by atomic mass is 32.2. The number of carbonyl (C=O) groups excluding carboxylic acids is 3. The van der Waals surface area contributed by atoms with E-state index >= 15 is 0 Å². The number of likely N-dealkylation sites (tertiary alicyclic amines) is 1. The van der Waals surface area contributed by atoms with E-state index in [4.69, 9.17) is 0 Å². The monoisotopic (exact) mass is 388 g/mol. The van der Waals surface area contributed by atoms with Gasteiger partial charge in [0.25, 0.3) is 0 Å². The molecular formula is C19H24N4O3S. The second-order valence-corrected chi connectivity index (χ2v) is 9.52. The molecule has 0 aromatic heterocycles. The smallest absolute Gasteiger partial charge is 0.250 e. The van der Waals surface area contributed by atoms with Crippen LogP contribution >= 0.6 is 11.8 Å². The molecule has 3 heterocycles. The molecule has 3 aliphatic heterocycles. The maximum atomic E-state index is 12.8. The molecule has 1 aromatic rings. The van der Waals surface area contributed by atoms with Crippen molar-refractivity contribution in [3.63, 3.8) is 0 Å². The van der Waals surface area contributed by atoms with E-state index in [2.05, 4.69) is 16.0 Å². The van der Waals surface area contributed by atoms with Gasteiger partial charge in [0.05, 0.1) is 16.1 Å². The van der Waals surface area contributed by atoms with Crippen molar-refractivity contribution in [1.82, 2.24) is 10.2 Å². The Morgan fingerprint density at radius 2 is 1.78 bits per heavy atom. The molecule has 2 fully saturated rings. The number of amides is 3. The highest BCUT2D eigenvalue weighted by molar-refractivity contribution is 8.01. The van der Waals surface area contributed by atoms with Gasteiger partial charge in [0.15, 0.2) is 0 Å². The van der Waals surface area contributed by atoms with E-state index in [0.717, 1.165) is 11.4 Å². The van der Waals surface area contributed by atoms with Gasteiger partial charge in [0.2, 0.25) is 17.7 Å². The molecule has 144 valence electrons. The Hall–Kier alpha value is -2.22. The fraction of sp³-hybridized carbons (Fsp3) is 0.526. The summed E-state index contributed by atoms with van der Waals surface area (Å²) in [4.78, 5) is 39.4. The van der Waals surface area contributed by atoms with Gasteiger partial charge in [-0.3, -0.25) is 14.4 Å². The van der Waals surface area contributed by atoms with Crippen molar-refractivity contribution in [2.45, 2.75) is 43.0 Å². The van der Waals surface area contributed by atoms with Crippen molar-refractivity contribution in [3.8, 4) is 0 Å². The van der Waals surface area contributed by atoms with E-state index in [9.17, 15) is 14.4 Å². The molecule has 0 unspecified atom stereocenters. The Labute approximate surface area is 162 Å². The summed E-state index contributed by atoms with van der Waals surface area (Å²) >= 11 is 1.51. The van der Waals surface area contributed by atoms with Gasteiger partial charge in [-0.05, 0) is 38.8 Å². The molecule has 27 heavy (non-hydrogen) atoms. The van der Waals surface area contributed by atoms with Gasteiger partial charge in [0, 0.05) is 18.8 Å². The molecule has 3 N–H and O–H groups in total. The summed E-state index contributed by atoms with van der Waals surface area (Å²) in [6.45, 7) is 4.71. The topological polar surface area (TPSA) is 90.5 Å². The molecule has 1 atom stereocenters. The number of hydrogen-bond donors (Lipinski definition) is 3. The Balaban J connectivity index is 1.41. The SMILES string of the molecule is CC1(C)SC[C@@H](C(=O)N2CCC3(CC2)Nc2ccccc2NC3=O)NC1=O. The predicted molar refractivity (Wildman–Crippen MR) is 106 cm³/mol. The van der Waals surface area contributed by atoms with Gasteiger partial charge in [0.1, 0.15) is 11.6 Å². The van der Waals surface area contributed by atoms with Crippen LogP contribution < -0.4 is 16.0 Å². The van der Waals surface area contributed by atoms with Crippen molar-refractivity contribution in [2.24, 2.45) is 0 Å². The van der Waals surface area contributed by atoms with E-state index in [1.54, 1.807) is 4.90 Å². The van der Waals surface area contributed by atoms with Crippen LogP contribution in [-0.2, 0) is 14.4 Å². The number of nitrogens with one attached hydrogen (secondary N) is 3. The molecule has 0 radical (unpaired) electrons.